The van der Waals surface area contributed by atoms with Gasteiger partial charge in [-0.3, -0.25) is 4.79 Å². The van der Waals surface area contributed by atoms with Gasteiger partial charge in [-0.25, -0.2) is 13.4 Å². The summed E-state index contributed by atoms with van der Waals surface area (Å²) in [5.41, 5.74) is -0.434. The van der Waals surface area contributed by atoms with E-state index in [0.29, 0.717) is 13.0 Å². The molecule has 0 atom stereocenters. The largest absolute Gasteiger partial charge is 0.298 e. The molecule has 0 N–H and O–H groups in total. The van der Waals surface area contributed by atoms with Crippen molar-refractivity contribution in [1.29, 1.82) is 0 Å². The Balaban J connectivity index is 2.26. The lowest BCUT2D eigenvalue weighted by Gasteiger charge is -2.34. The lowest BCUT2D eigenvalue weighted by molar-refractivity contribution is -0.130. The average molecular weight is 268 g/mol. The second kappa shape index (κ2) is 4.44. The maximum absolute atomic E-state index is 12.3. The van der Waals surface area contributed by atoms with Gasteiger partial charge in [-0.2, -0.15) is 4.31 Å². The van der Waals surface area contributed by atoms with Crippen LogP contribution < -0.4 is 0 Å². The molecule has 1 aromatic heterocycles. The van der Waals surface area contributed by atoms with Gasteiger partial charge >= 0.3 is 0 Å². The number of nitrogens with zero attached hydrogens (tertiary/aromatic N) is 2. The van der Waals surface area contributed by atoms with Crippen LogP contribution in [0.3, 0.4) is 0 Å². The van der Waals surface area contributed by atoms with Crippen LogP contribution in [0.4, 0.5) is 0 Å². The van der Waals surface area contributed by atoms with Gasteiger partial charge in [0.15, 0.2) is 10.8 Å². The third-order valence-corrected chi connectivity index (χ3v) is 5.06. The van der Waals surface area contributed by atoms with Gasteiger partial charge in [0, 0.05) is 18.2 Å². The molecule has 0 unspecified atom stereocenters. The Morgan fingerprint density at radius 2 is 2.06 bits per heavy atom. The highest BCUT2D eigenvalue weighted by molar-refractivity contribution is 7.89. The maximum Gasteiger partial charge on any atom is 0.260 e. The molecule has 5 nitrogen and oxygen atoms in total. The smallest absolute Gasteiger partial charge is 0.260 e. The minimum atomic E-state index is -3.64. The number of ketones is 1. The maximum atomic E-state index is 12.3. The molecule has 0 saturated carbocycles. The van der Waals surface area contributed by atoms with Crippen molar-refractivity contribution in [2.24, 2.45) is 5.41 Å². The Labute approximate surface area is 107 Å². The quantitative estimate of drug-likeness (QED) is 0.804. The van der Waals surface area contributed by atoms with Gasteiger partial charge in [0.25, 0.3) is 10.0 Å². The molecule has 1 aliphatic heterocycles. The molecule has 0 aliphatic carbocycles. The predicted octanol–water partition coefficient (Wildman–Crippen LogP) is 1.07. The lowest BCUT2D eigenvalue weighted by atomic mass is 9.82. The van der Waals surface area contributed by atoms with E-state index >= 15 is 0 Å². The predicted molar refractivity (Wildman–Crippen MR) is 66.4 cm³/mol. The highest BCUT2D eigenvalue weighted by Crippen LogP contribution is 2.29. The van der Waals surface area contributed by atoms with Crippen molar-refractivity contribution >= 4 is 15.8 Å². The summed E-state index contributed by atoms with van der Waals surface area (Å²) in [6.45, 7) is 3.99. The third kappa shape index (κ3) is 2.30. The molecule has 1 aliphatic rings. The first kappa shape index (κ1) is 13.2. The summed E-state index contributed by atoms with van der Waals surface area (Å²) in [7, 11) is -3.64. The lowest BCUT2D eigenvalue weighted by Crippen LogP contribution is -2.47. The molecule has 0 radical (unpaired) electrons. The summed E-state index contributed by atoms with van der Waals surface area (Å²) in [6, 6.07) is 4.72. The number of rotatable bonds is 2. The minimum absolute atomic E-state index is 0.00231. The zero-order chi connectivity index (χ0) is 13.4. The molecule has 1 fully saturated rings. The summed E-state index contributed by atoms with van der Waals surface area (Å²) in [5.74, 6) is -0.0479. The zero-order valence-corrected chi connectivity index (χ0v) is 11.3. The Kier molecular flexibility index (Phi) is 3.25. The standard InChI is InChI=1S/C12H16N2O3S/c1-12(2)6-8-14(9-10(12)15)18(16,17)11-5-3-4-7-13-11/h3-5,7H,6,8-9H2,1-2H3. The van der Waals surface area contributed by atoms with Crippen molar-refractivity contribution in [3.63, 3.8) is 0 Å². The van der Waals surface area contributed by atoms with Crippen molar-refractivity contribution in [1.82, 2.24) is 9.29 Å². The highest BCUT2D eigenvalue weighted by atomic mass is 32.2. The average Bonchev–Trinajstić information content (AvgIpc) is 2.33. The fraction of sp³-hybridized carbons (Fsp3) is 0.500. The van der Waals surface area contributed by atoms with E-state index in [4.69, 9.17) is 0 Å². The van der Waals surface area contributed by atoms with E-state index in [1.807, 2.05) is 13.8 Å². The van der Waals surface area contributed by atoms with E-state index in [9.17, 15) is 13.2 Å². The summed E-state index contributed by atoms with van der Waals surface area (Å²) < 4.78 is 25.7. The molecule has 1 aromatic rings. The van der Waals surface area contributed by atoms with E-state index in [-0.39, 0.29) is 17.4 Å². The molecule has 6 heteroatoms. The fourth-order valence-corrected chi connectivity index (χ4v) is 3.16. The molecule has 0 bridgehead atoms. The zero-order valence-electron chi connectivity index (χ0n) is 10.5. The fourth-order valence-electron chi connectivity index (χ4n) is 1.83. The van der Waals surface area contributed by atoms with E-state index < -0.39 is 15.4 Å². The van der Waals surface area contributed by atoms with Gasteiger partial charge in [0.05, 0.1) is 6.54 Å². The first-order valence-electron chi connectivity index (χ1n) is 5.78. The normalized spacial score (nSPS) is 20.9. The molecule has 2 rings (SSSR count). The Morgan fingerprint density at radius 1 is 1.33 bits per heavy atom. The number of pyridine rings is 1. The van der Waals surface area contributed by atoms with Gasteiger partial charge in [-0.1, -0.05) is 19.9 Å². The van der Waals surface area contributed by atoms with Crippen LogP contribution >= 0.6 is 0 Å². The van der Waals surface area contributed by atoms with Crippen molar-refractivity contribution in [3.8, 4) is 0 Å². The number of piperidine rings is 1. The van der Waals surface area contributed by atoms with Crippen LogP contribution in [0, 0.1) is 5.41 Å². The number of hydrogen-bond donors (Lipinski definition) is 0. The summed E-state index contributed by atoms with van der Waals surface area (Å²) in [6.07, 6.45) is 1.97. The van der Waals surface area contributed by atoms with Crippen LogP contribution in [0.15, 0.2) is 29.4 Å². The van der Waals surface area contributed by atoms with Crippen LogP contribution in [0.5, 0.6) is 0 Å². The van der Waals surface area contributed by atoms with Crippen molar-refractivity contribution in [3.05, 3.63) is 24.4 Å². The van der Waals surface area contributed by atoms with Crippen LogP contribution in [0.1, 0.15) is 20.3 Å². The molecule has 0 aromatic carbocycles. The Bertz CT molecular complexity index is 552. The molecule has 18 heavy (non-hydrogen) atoms. The summed E-state index contributed by atoms with van der Waals surface area (Å²) >= 11 is 0. The minimum Gasteiger partial charge on any atom is -0.298 e. The Morgan fingerprint density at radius 3 is 2.61 bits per heavy atom. The first-order chi connectivity index (χ1) is 8.34. The van der Waals surface area contributed by atoms with Gasteiger partial charge < -0.3 is 0 Å². The molecular weight excluding hydrogens is 252 g/mol. The number of hydrogen-bond acceptors (Lipinski definition) is 4. The van der Waals surface area contributed by atoms with Gasteiger partial charge in [0.2, 0.25) is 0 Å². The van der Waals surface area contributed by atoms with Gasteiger partial charge in [0.1, 0.15) is 0 Å². The number of carbonyl (C=O) groups excluding carboxylic acids is 1. The van der Waals surface area contributed by atoms with Crippen LogP contribution in [-0.4, -0.2) is 36.6 Å². The van der Waals surface area contributed by atoms with Crippen LogP contribution in [0.2, 0.25) is 0 Å². The van der Waals surface area contributed by atoms with Crippen molar-refractivity contribution < 1.29 is 13.2 Å². The summed E-state index contributed by atoms with van der Waals surface area (Å²) in [5, 5.41) is -0.00231. The topological polar surface area (TPSA) is 67.3 Å². The molecular formula is C12H16N2O3S. The van der Waals surface area contributed by atoms with E-state index in [0.717, 1.165) is 0 Å². The van der Waals surface area contributed by atoms with Crippen molar-refractivity contribution in [2.45, 2.75) is 25.3 Å². The Hall–Kier alpha value is -1.27. The van der Waals surface area contributed by atoms with Crippen molar-refractivity contribution in [2.75, 3.05) is 13.1 Å². The summed E-state index contributed by atoms with van der Waals surface area (Å²) in [4.78, 5) is 15.7. The number of carbonyl (C=O) groups is 1. The van der Waals surface area contributed by atoms with E-state index in [2.05, 4.69) is 4.98 Å². The van der Waals surface area contributed by atoms with Gasteiger partial charge in [-0.05, 0) is 18.6 Å². The van der Waals surface area contributed by atoms with E-state index in [1.165, 1.54) is 16.6 Å². The SMILES string of the molecule is CC1(C)CCN(S(=O)(=O)c2ccccn2)CC1=O. The third-order valence-electron chi connectivity index (χ3n) is 3.30. The molecule has 0 spiro atoms. The van der Waals surface area contributed by atoms with E-state index in [1.54, 1.807) is 12.1 Å². The molecule has 2 heterocycles. The first-order valence-corrected chi connectivity index (χ1v) is 7.22. The van der Waals surface area contributed by atoms with Gasteiger partial charge in [-0.15, -0.1) is 0 Å². The molecule has 0 amide bonds. The molecule has 1 saturated heterocycles. The second-order valence-corrected chi connectivity index (χ2v) is 6.95. The monoisotopic (exact) mass is 268 g/mol. The highest BCUT2D eigenvalue weighted by Gasteiger charge is 2.39. The van der Waals surface area contributed by atoms with Crippen LogP contribution in [-0.2, 0) is 14.8 Å². The molecule has 98 valence electrons. The number of aromatic nitrogens is 1. The number of sulfonamides is 1. The second-order valence-electron chi connectivity index (χ2n) is 5.06. The van der Waals surface area contributed by atoms with Crippen LogP contribution in [0.25, 0.3) is 0 Å². The number of Topliss-reactive ketones (excluding diaryl/α,β-unsaturated/α-hetero) is 1.